The van der Waals surface area contributed by atoms with Crippen LogP contribution in [-0.4, -0.2) is 85.5 Å². The molecule has 2 heterocycles. The number of benzene rings is 3. The van der Waals surface area contributed by atoms with E-state index in [1.54, 1.807) is 23.1 Å². The maximum absolute atomic E-state index is 14.2. The number of rotatable bonds is 10. The summed E-state index contributed by atoms with van der Waals surface area (Å²) in [5, 5.41) is 9.81. The van der Waals surface area contributed by atoms with Gasteiger partial charge in [0.25, 0.3) is 5.91 Å². The molecule has 0 bridgehead atoms. The first-order chi connectivity index (χ1) is 22.1. The number of carbonyl (C=O) groups excluding carboxylic acids is 3. The molecule has 3 aromatic carbocycles. The van der Waals surface area contributed by atoms with Crippen LogP contribution in [0.4, 0.5) is 20.6 Å². The quantitative estimate of drug-likeness (QED) is 0.203. The van der Waals surface area contributed by atoms with Gasteiger partial charge in [0.05, 0.1) is 11.3 Å². The summed E-state index contributed by atoms with van der Waals surface area (Å²) in [5.74, 6) is -1.43. The molecule has 1 aliphatic rings. The van der Waals surface area contributed by atoms with Crippen LogP contribution in [0.15, 0.2) is 72.9 Å². The SMILES string of the molecule is CCNC(=O)c1ccc(CN(C)C)cc1NC(=O)[C@H](NC(=O)N1CCN(c2ccc(F)cc2)CC1)[C@@H](C)c1c[nH]c2ccccc12. The molecular formula is C35H42FN7O3. The lowest BCUT2D eigenvalue weighted by Gasteiger charge is -2.37. The van der Waals surface area contributed by atoms with Crippen molar-refractivity contribution in [1.29, 1.82) is 0 Å². The zero-order valence-corrected chi connectivity index (χ0v) is 26.8. The van der Waals surface area contributed by atoms with Crippen molar-refractivity contribution in [1.82, 2.24) is 25.4 Å². The maximum Gasteiger partial charge on any atom is 0.318 e. The predicted molar refractivity (Wildman–Crippen MR) is 180 cm³/mol. The molecule has 2 atom stereocenters. The van der Waals surface area contributed by atoms with Gasteiger partial charge in [-0.25, -0.2) is 9.18 Å². The van der Waals surface area contributed by atoms with Crippen LogP contribution in [0.3, 0.4) is 0 Å². The number of hydrogen-bond donors (Lipinski definition) is 4. The third-order valence-electron chi connectivity index (χ3n) is 8.35. The summed E-state index contributed by atoms with van der Waals surface area (Å²) in [7, 11) is 3.90. The number of halogens is 1. The molecule has 0 aliphatic carbocycles. The van der Waals surface area contributed by atoms with Gasteiger partial charge in [-0.3, -0.25) is 9.59 Å². The summed E-state index contributed by atoms with van der Waals surface area (Å²) in [6.07, 6.45) is 1.88. The Morgan fingerprint density at radius 3 is 2.39 bits per heavy atom. The van der Waals surface area contributed by atoms with Crippen LogP contribution < -0.4 is 20.9 Å². The number of amides is 4. The largest absolute Gasteiger partial charge is 0.368 e. The summed E-state index contributed by atoms with van der Waals surface area (Å²) >= 11 is 0. The maximum atomic E-state index is 14.2. The van der Waals surface area contributed by atoms with Crippen LogP contribution in [0.5, 0.6) is 0 Å². The minimum absolute atomic E-state index is 0.293. The number of para-hydroxylation sites is 1. The number of piperazine rings is 1. The van der Waals surface area contributed by atoms with E-state index in [9.17, 15) is 18.8 Å². The van der Waals surface area contributed by atoms with Gasteiger partial charge in [-0.1, -0.05) is 31.2 Å². The number of nitrogens with zero attached hydrogens (tertiary/aromatic N) is 3. The van der Waals surface area contributed by atoms with Crippen molar-refractivity contribution < 1.29 is 18.8 Å². The van der Waals surface area contributed by atoms with E-state index in [1.807, 2.05) is 75.4 Å². The third kappa shape index (κ3) is 7.48. The molecule has 4 aromatic rings. The van der Waals surface area contributed by atoms with Crippen LogP contribution in [-0.2, 0) is 11.3 Å². The Morgan fingerprint density at radius 1 is 0.978 bits per heavy atom. The molecular weight excluding hydrogens is 585 g/mol. The lowest BCUT2D eigenvalue weighted by atomic mass is 9.92. The van der Waals surface area contributed by atoms with Gasteiger partial charge in [-0.15, -0.1) is 0 Å². The highest BCUT2D eigenvalue weighted by Gasteiger charge is 2.33. The molecule has 4 N–H and O–H groups in total. The van der Waals surface area contributed by atoms with Gasteiger partial charge >= 0.3 is 6.03 Å². The molecule has 5 rings (SSSR count). The number of aromatic nitrogens is 1. The molecule has 1 saturated heterocycles. The summed E-state index contributed by atoms with van der Waals surface area (Å²) < 4.78 is 13.4. The van der Waals surface area contributed by atoms with Crippen molar-refractivity contribution in [2.45, 2.75) is 32.4 Å². The van der Waals surface area contributed by atoms with Gasteiger partial charge < -0.3 is 35.6 Å². The predicted octanol–water partition coefficient (Wildman–Crippen LogP) is 4.76. The normalized spacial score (nSPS) is 14.7. The standard InChI is InChI=1S/C35H42FN7O3/c1-5-37-33(44)28-15-10-24(22-41(3)4)20-31(28)39-34(45)32(23(2)29-21-38-30-9-7-6-8-27(29)30)40-35(46)43-18-16-42(17-19-43)26-13-11-25(36)12-14-26/h6-15,20-21,23,32,38H,5,16-19,22H2,1-4H3,(H,37,44)(H,39,45)(H,40,46)/t23-,32+/m0/s1. The van der Waals surface area contributed by atoms with Gasteiger partial charge in [0.2, 0.25) is 5.91 Å². The first-order valence-corrected chi connectivity index (χ1v) is 15.6. The van der Waals surface area contributed by atoms with Crippen molar-refractivity contribution in [2.24, 2.45) is 0 Å². The lowest BCUT2D eigenvalue weighted by molar-refractivity contribution is -0.118. The van der Waals surface area contributed by atoms with Crippen molar-refractivity contribution >= 4 is 40.1 Å². The molecule has 0 radical (unpaired) electrons. The molecule has 10 nitrogen and oxygen atoms in total. The van der Waals surface area contributed by atoms with Gasteiger partial charge in [0, 0.05) is 68.0 Å². The Labute approximate surface area is 268 Å². The van der Waals surface area contributed by atoms with E-state index in [2.05, 4.69) is 25.8 Å². The zero-order chi connectivity index (χ0) is 32.8. The number of urea groups is 1. The molecule has 1 aliphatic heterocycles. The van der Waals surface area contributed by atoms with E-state index in [0.29, 0.717) is 50.5 Å². The topological polar surface area (TPSA) is 113 Å². The van der Waals surface area contributed by atoms with Gasteiger partial charge in [0.15, 0.2) is 0 Å². The smallest absolute Gasteiger partial charge is 0.318 e. The minimum Gasteiger partial charge on any atom is -0.368 e. The Balaban J connectivity index is 1.40. The second kappa shape index (κ2) is 14.5. The van der Waals surface area contributed by atoms with E-state index in [1.165, 1.54) is 12.1 Å². The van der Waals surface area contributed by atoms with Crippen molar-refractivity contribution in [3.05, 3.63) is 95.4 Å². The highest BCUT2D eigenvalue weighted by molar-refractivity contribution is 6.06. The second-order valence-corrected chi connectivity index (χ2v) is 11.9. The summed E-state index contributed by atoms with van der Waals surface area (Å²) in [6.45, 7) is 6.83. The van der Waals surface area contributed by atoms with Crippen LogP contribution >= 0.6 is 0 Å². The van der Waals surface area contributed by atoms with Gasteiger partial charge in [-0.05, 0) is 74.6 Å². The molecule has 242 valence electrons. The van der Waals surface area contributed by atoms with Crippen LogP contribution in [0, 0.1) is 5.82 Å². The number of H-pyrrole nitrogens is 1. The highest BCUT2D eigenvalue weighted by Crippen LogP contribution is 2.29. The fourth-order valence-corrected chi connectivity index (χ4v) is 5.93. The molecule has 0 saturated carbocycles. The number of hydrogen-bond acceptors (Lipinski definition) is 5. The number of carbonyl (C=O) groups is 3. The van der Waals surface area contributed by atoms with Crippen molar-refractivity contribution in [3.8, 4) is 0 Å². The second-order valence-electron chi connectivity index (χ2n) is 11.9. The summed E-state index contributed by atoms with van der Waals surface area (Å²) in [5.41, 5.74) is 4.38. The van der Waals surface area contributed by atoms with Crippen molar-refractivity contribution in [2.75, 3.05) is 57.0 Å². The van der Waals surface area contributed by atoms with Crippen molar-refractivity contribution in [3.63, 3.8) is 0 Å². The Hall–Kier alpha value is -4.90. The number of nitrogens with one attached hydrogen (secondary N) is 4. The van der Waals surface area contributed by atoms with Crippen LogP contribution in [0.1, 0.15) is 41.3 Å². The Bertz CT molecular complexity index is 1680. The molecule has 11 heteroatoms. The van der Waals surface area contributed by atoms with E-state index in [0.717, 1.165) is 27.7 Å². The van der Waals surface area contributed by atoms with Gasteiger partial charge in [-0.2, -0.15) is 0 Å². The number of aromatic amines is 1. The summed E-state index contributed by atoms with van der Waals surface area (Å²) in [6, 6.07) is 18.3. The van der Waals surface area contributed by atoms with E-state index in [4.69, 9.17) is 0 Å². The lowest BCUT2D eigenvalue weighted by Crippen LogP contribution is -2.56. The minimum atomic E-state index is -0.957. The molecule has 0 spiro atoms. The van der Waals surface area contributed by atoms with E-state index in [-0.39, 0.29) is 17.8 Å². The number of fused-ring (bicyclic) bond motifs is 1. The third-order valence-corrected chi connectivity index (χ3v) is 8.35. The number of anilines is 2. The fourth-order valence-electron chi connectivity index (χ4n) is 5.93. The monoisotopic (exact) mass is 627 g/mol. The Morgan fingerprint density at radius 2 is 1.70 bits per heavy atom. The zero-order valence-electron chi connectivity index (χ0n) is 26.8. The molecule has 0 unspecified atom stereocenters. The molecule has 46 heavy (non-hydrogen) atoms. The van der Waals surface area contributed by atoms with Crippen LogP contribution in [0.25, 0.3) is 10.9 Å². The molecule has 1 aromatic heterocycles. The molecule has 1 fully saturated rings. The van der Waals surface area contributed by atoms with E-state index < -0.39 is 17.9 Å². The summed E-state index contributed by atoms with van der Waals surface area (Å²) in [4.78, 5) is 50.0. The average Bonchev–Trinajstić information content (AvgIpc) is 3.48. The Kier molecular flexibility index (Phi) is 10.2. The first-order valence-electron chi connectivity index (χ1n) is 15.6. The fraction of sp³-hybridized carbons (Fsp3) is 0.343. The first kappa shape index (κ1) is 32.5. The molecule has 4 amide bonds. The van der Waals surface area contributed by atoms with Gasteiger partial charge in [0.1, 0.15) is 11.9 Å². The average molecular weight is 628 g/mol. The van der Waals surface area contributed by atoms with E-state index >= 15 is 0 Å². The van der Waals surface area contributed by atoms with Crippen LogP contribution in [0.2, 0.25) is 0 Å². The highest BCUT2D eigenvalue weighted by atomic mass is 19.1.